The molecule has 1 atom stereocenters. The molecule has 1 aromatic rings. The molecule has 0 radical (unpaired) electrons. The van der Waals surface area contributed by atoms with Crippen molar-refractivity contribution in [3.8, 4) is 0 Å². The first-order valence-electron chi connectivity index (χ1n) is 7.94. The predicted molar refractivity (Wildman–Crippen MR) is 93.3 cm³/mol. The number of hydrogen-bond acceptors (Lipinski definition) is 0. The quantitative estimate of drug-likeness (QED) is 0.652. The third kappa shape index (κ3) is 2.98. The molecule has 0 amide bonds. The highest BCUT2D eigenvalue weighted by molar-refractivity contribution is 6.97. The first-order chi connectivity index (χ1) is 9.47. The standard InChI is InChI=1S/C19H28Si/c1-6-7-11-20(5,19-10-8-9-17(19)4)18-13-15(2)12-16(3)14-18/h9-10,12-14H,6-8,11H2,1-5H3. The number of rotatable bonds is 5. The Morgan fingerprint density at radius 2 is 1.65 bits per heavy atom. The predicted octanol–water partition coefficient (Wildman–Crippen LogP) is 5.20. The van der Waals surface area contributed by atoms with Crippen LogP contribution in [0.15, 0.2) is 41.1 Å². The van der Waals surface area contributed by atoms with Crippen LogP contribution in [-0.2, 0) is 0 Å². The molecular weight excluding hydrogens is 256 g/mol. The summed E-state index contributed by atoms with van der Waals surface area (Å²) in [5.74, 6) is 0. The van der Waals surface area contributed by atoms with E-state index in [0.29, 0.717) is 0 Å². The van der Waals surface area contributed by atoms with Gasteiger partial charge >= 0.3 is 0 Å². The van der Waals surface area contributed by atoms with Gasteiger partial charge < -0.3 is 0 Å². The van der Waals surface area contributed by atoms with E-state index in [1.165, 1.54) is 35.6 Å². The summed E-state index contributed by atoms with van der Waals surface area (Å²) in [7, 11) is -1.55. The topological polar surface area (TPSA) is 0 Å². The van der Waals surface area contributed by atoms with Crippen molar-refractivity contribution < 1.29 is 0 Å². The largest absolute Gasteiger partial charge is 0.115 e. The third-order valence-electron chi connectivity index (χ3n) is 4.65. The molecule has 108 valence electrons. The Balaban J connectivity index is 2.48. The third-order valence-corrected chi connectivity index (χ3v) is 9.36. The fourth-order valence-corrected chi connectivity index (χ4v) is 8.11. The Labute approximate surface area is 125 Å². The molecule has 0 bridgehead atoms. The number of benzene rings is 1. The van der Waals surface area contributed by atoms with Crippen molar-refractivity contribution in [3.63, 3.8) is 0 Å². The second kappa shape index (κ2) is 6.13. The minimum Gasteiger partial charge on any atom is -0.0808 e. The monoisotopic (exact) mass is 284 g/mol. The lowest BCUT2D eigenvalue weighted by atomic mass is 10.2. The minimum atomic E-state index is -1.55. The molecule has 1 heteroatoms. The summed E-state index contributed by atoms with van der Waals surface area (Å²) < 4.78 is 0. The van der Waals surface area contributed by atoms with Crippen molar-refractivity contribution in [1.29, 1.82) is 0 Å². The zero-order chi connectivity index (χ0) is 14.8. The van der Waals surface area contributed by atoms with Gasteiger partial charge in [-0.3, -0.25) is 0 Å². The summed E-state index contributed by atoms with van der Waals surface area (Å²) in [4.78, 5) is 0. The first-order valence-corrected chi connectivity index (χ1v) is 10.6. The number of hydrogen-bond donors (Lipinski definition) is 0. The van der Waals surface area contributed by atoms with Crippen LogP contribution in [-0.4, -0.2) is 8.07 Å². The Bertz CT molecular complexity index is 531. The molecule has 1 aliphatic carbocycles. The van der Waals surface area contributed by atoms with E-state index in [-0.39, 0.29) is 0 Å². The van der Waals surface area contributed by atoms with Crippen LogP contribution in [0.3, 0.4) is 0 Å². The molecule has 2 rings (SSSR count). The molecule has 1 aromatic carbocycles. The number of allylic oxidation sites excluding steroid dienone is 4. The summed E-state index contributed by atoms with van der Waals surface area (Å²) in [6, 6.07) is 8.57. The van der Waals surface area contributed by atoms with E-state index in [0.717, 1.165) is 6.42 Å². The van der Waals surface area contributed by atoms with Crippen LogP contribution in [0.25, 0.3) is 0 Å². The van der Waals surface area contributed by atoms with Crippen LogP contribution < -0.4 is 5.19 Å². The summed E-state index contributed by atoms with van der Waals surface area (Å²) >= 11 is 0. The average molecular weight is 285 g/mol. The second-order valence-corrected chi connectivity index (χ2v) is 10.8. The Kier molecular flexibility index (Phi) is 4.69. The maximum atomic E-state index is 2.57. The fraction of sp³-hybridized carbons (Fsp3) is 0.474. The summed E-state index contributed by atoms with van der Waals surface area (Å²) in [5.41, 5.74) is 4.36. The molecule has 0 aromatic heterocycles. The van der Waals surface area contributed by atoms with E-state index in [2.05, 4.69) is 64.6 Å². The van der Waals surface area contributed by atoms with Gasteiger partial charge in [0.05, 0.1) is 0 Å². The lowest BCUT2D eigenvalue weighted by molar-refractivity contribution is 0.871. The van der Waals surface area contributed by atoms with Crippen LogP contribution in [0.4, 0.5) is 0 Å². The van der Waals surface area contributed by atoms with E-state index in [1.807, 2.05) is 0 Å². The van der Waals surface area contributed by atoms with Gasteiger partial charge in [0.15, 0.2) is 0 Å². The summed E-state index contributed by atoms with van der Waals surface area (Å²) in [6.07, 6.45) is 8.68. The van der Waals surface area contributed by atoms with E-state index in [9.17, 15) is 0 Å². The van der Waals surface area contributed by atoms with Gasteiger partial charge in [-0.15, -0.1) is 0 Å². The van der Waals surface area contributed by atoms with E-state index < -0.39 is 8.07 Å². The lowest BCUT2D eigenvalue weighted by Gasteiger charge is -2.31. The normalized spacial score (nSPS) is 17.6. The molecule has 0 fully saturated rings. The van der Waals surface area contributed by atoms with E-state index >= 15 is 0 Å². The van der Waals surface area contributed by atoms with Crippen LogP contribution in [0.5, 0.6) is 0 Å². The average Bonchev–Trinajstić information content (AvgIpc) is 2.81. The second-order valence-electron chi connectivity index (χ2n) is 6.55. The van der Waals surface area contributed by atoms with Crippen LogP contribution in [0, 0.1) is 13.8 Å². The van der Waals surface area contributed by atoms with Gasteiger partial charge in [-0.1, -0.05) is 83.7 Å². The van der Waals surface area contributed by atoms with Crippen molar-refractivity contribution in [2.24, 2.45) is 0 Å². The zero-order valence-corrected chi connectivity index (χ0v) is 14.7. The van der Waals surface area contributed by atoms with Crippen molar-refractivity contribution in [2.45, 2.75) is 59.5 Å². The molecule has 1 unspecified atom stereocenters. The van der Waals surface area contributed by atoms with Gasteiger partial charge in [0.2, 0.25) is 0 Å². The SMILES string of the molecule is CCCC[Si](C)(C1=CCC=C1C)c1cc(C)cc(C)c1. The van der Waals surface area contributed by atoms with Gasteiger partial charge in [-0.05, 0) is 33.2 Å². The van der Waals surface area contributed by atoms with Gasteiger partial charge in [0, 0.05) is 0 Å². The fourth-order valence-electron chi connectivity index (χ4n) is 3.54. The van der Waals surface area contributed by atoms with Gasteiger partial charge in [-0.2, -0.15) is 0 Å². The molecule has 0 heterocycles. The van der Waals surface area contributed by atoms with Crippen LogP contribution in [0.1, 0.15) is 44.2 Å². The Hall–Kier alpha value is -1.08. The molecule has 0 saturated carbocycles. The molecule has 0 spiro atoms. The van der Waals surface area contributed by atoms with E-state index in [4.69, 9.17) is 0 Å². The molecular formula is C19H28Si. The highest BCUT2D eigenvalue weighted by atomic mass is 28.3. The lowest BCUT2D eigenvalue weighted by Crippen LogP contribution is -2.47. The maximum absolute atomic E-state index is 2.57. The van der Waals surface area contributed by atoms with Crippen molar-refractivity contribution >= 4 is 13.3 Å². The first kappa shape index (κ1) is 15.3. The van der Waals surface area contributed by atoms with Gasteiger partial charge in [0.1, 0.15) is 8.07 Å². The number of aryl methyl sites for hydroxylation is 2. The van der Waals surface area contributed by atoms with Gasteiger partial charge in [0.25, 0.3) is 0 Å². The van der Waals surface area contributed by atoms with Gasteiger partial charge in [-0.25, -0.2) is 0 Å². The summed E-state index contributed by atoms with van der Waals surface area (Å²) in [6.45, 7) is 11.7. The summed E-state index contributed by atoms with van der Waals surface area (Å²) in [5, 5.41) is 3.32. The zero-order valence-electron chi connectivity index (χ0n) is 13.7. The Morgan fingerprint density at radius 3 is 2.15 bits per heavy atom. The molecule has 1 aliphatic rings. The highest BCUT2D eigenvalue weighted by Crippen LogP contribution is 2.32. The van der Waals surface area contributed by atoms with Crippen LogP contribution >= 0.6 is 0 Å². The minimum absolute atomic E-state index is 1.14. The molecule has 0 nitrogen and oxygen atoms in total. The van der Waals surface area contributed by atoms with E-state index in [1.54, 1.807) is 10.4 Å². The molecule has 0 N–H and O–H groups in total. The number of unbranched alkanes of at least 4 members (excludes halogenated alkanes) is 1. The van der Waals surface area contributed by atoms with Crippen molar-refractivity contribution in [2.75, 3.05) is 0 Å². The van der Waals surface area contributed by atoms with Crippen molar-refractivity contribution in [3.05, 3.63) is 52.2 Å². The Morgan fingerprint density at radius 1 is 1.00 bits per heavy atom. The molecule has 0 aliphatic heterocycles. The molecule has 20 heavy (non-hydrogen) atoms. The molecule has 0 saturated heterocycles. The smallest absolute Gasteiger partial charge is 0.0808 e. The van der Waals surface area contributed by atoms with Crippen LogP contribution in [0.2, 0.25) is 12.6 Å². The maximum Gasteiger partial charge on any atom is 0.115 e. The van der Waals surface area contributed by atoms with Crippen molar-refractivity contribution in [1.82, 2.24) is 0 Å². The highest BCUT2D eigenvalue weighted by Gasteiger charge is 2.35.